The molecule has 26 heavy (non-hydrogen) atoms. The van der Waals surface area contributed by atoms with Crippen molar-refractivity contribution in [3.8, 4) is 0 Å². The van der Waals surface area contributed by atoms with E-state index in [4.69, 9.17) is 14.4 Å². The van der Waals surface area contributed by atoms with Crippen molar-refractivity contribution in [3.05, 3.63) is 36.2 Å². The predicted molar refractivity (Wildman–Crippen MR) is 91.9 cm³/mol. The first-order valence-corrected chi connectivity index (χ1v) is 8.49. The number of likely N-dealkylation sites (tertiary alicyclic amines) is 1. The van der Waals surface area contributed by atoms with E-state index in [-0.39, 0.29) is 12.4 Å². The van der Waals surface area contributed by atoms with Crippen molar-refractivity contribution in [2.45, 2.75) is 19.3 Å². The molecule has 1 aromatic carbocycles. The minimum atomic E-state index is -1.21. The summed E-state index contributed by atoms with van der Waals surface area (Å²) in [6, 6.07) is 4.34. The van der Waals surface area contributed by atoms with Gasteiger partial charge in [-0.15, -0.1) is 0 Å². The number of carboxylic acid groups (broad SMARTS) is 1. The highest BCUT2D eigenvalue weighted by molar-refractivity contribution is 5.90. The number of esters is 1. The van der Waals surface area contributed by atoms with E-state index < -0.39 is 11.9 Å². The maximum Gasteiger partial charge on any atom is 0.331 e. The summed E-state index contributed by atoms with van der Waals surface area (Å²) in [4.78, 5) is 22.0. The van der Waals surface area contributed by atoms with E-state index in [1.807, 2.05) is 0 Å². The number of hydrogen-bond donors (Lipinski definition) is 1. The number of benzene rings is 1. The highest BCUT2D eigenvalue weighted by Crippen LogP contribution is 2.34. The van der Waals surface area contributed by atoms with Gasteiger partial charge in [0.1, 0.15) is 24.4 Å². The number of carboxylic acids is 1. The molecule has 0 amide bonds. The summed E-state index contributed by atoms with van der Waals surface area (Å²) in [5.74, 6) is -1.57. The topological polar surface area (TPSA) is 89.6 Å². The first kappa shape index (κ1) is 18.1. The maximum absolute atomic E-state index is 13.4. The Hall–Kier alpha value is -2.74. The minimum absolute atomic E-state index is 0.123. The van der Waals surface area contributed by atoms with Gasteiger partial charge in [0.25, 0.3) is 5.82 Å². The van der Waals surface area contributed by atoms with Crippen molar-refractivity contribution in [1.82, 2.24) is 9.64 Å². The number of rotatable bonds is 6. The zero-order chi connectivity index (χ0) is 18.6. The van der Waals surface area contributed by atoms with Gasteiger partial charge >= 0.3 is 11.9 Å². The number of aliphatic carboxylic acids is 1. The number of quaternary nitrogens is 1. The third-order valence-corrected chi connectivity index (χ3v) is 4.66. The summed E-state index contributed by atoms with van der Waals surface area (Å²) in [6.45, 7) is 2.26. The number of carbonyl (C=O) groups is 2. The number of nitrogens with zero attached hydrogens (tertiary/aromatic N) is 2. The van der Waals surface area contributed by atoms with Crippen LogP contribution in [0.15, 0.2) is 34.9 Å². The molecule has 2 heterocycles. The van der Waals surface area contributed by atoms with Gasteiger partial charge in [0.2, 0.25) is 0 Å². The van der Waals surface area contributed by atoms with Gasteiger partial charge in [0, 0.05) is 18.2 Å². The summed E-state index contributed by atoms with van der Waals surface area (Å²) >= 11 is 0. The Morgan fingerprint density at radius 1 is 1.27 bits per heavy atom. The summed E-state index contributed by atoms with van der Waals surface area (Å²) in [5, 5.41) is 13.5. The zero-order valence-corrected chi connectivity index (χ0v) is 14.2. The van der Waals surface area contributed by atoms with Crippen LogP contribution in [0.25, 0.3) is 11.0 Å². The van der Waals surface area contributed by atoms with Crippen LogP contribution in [-0.4, -0.2) is 48.4 Å². The van der Waals surface area contributed by atoms with Gasteiger partial charge in [-0.1, -0.05) is 0 Å². The monoisotopic (exact) mass is 363 g/mol. The minimum Gasteiger partial charge on any atom is -0.478 e. The van der Waals surface area contributed by atoms with Gasteiger partial charge in [-0.3, -0.25) is 4.48 Å². The van der Waals surface area contributed by atoms with Crippen molar-refractivity contribution in [1.29, 1.82) is 0 Å². The Morgan fingerprint density at radius 3 is 2.77 bits per heavy atom. The first-order chi connectivity index (χ1) is 12.5. The lowest BCUT2D eigenvalue weighted by Crippen LogP contribution is -2.55. The molecule has 0 bridgehead atoms. The Bertz CT molecular complexity index is 839. The van der Waals surface area contributed by atoms with Crippen LogP contribution in [0.4, 0.5) is 10.2 Å². The number of fused-ring (bicyclic) bond motifs is 1. The van der Waals surface area contributed by atoms with E-state index in [1.54, 1.807) is 6.07 Å². The van der Waals surface area contributed by atoms with Gasteiger partial charge in [-0.25, -0.2) is 14.0 Å². The van der Waals surface area contributed by atoms with Crippen molar-refractivity contribution >= 4 is 28.7 Å². The van der Waals surface area contributed by atoms with E-state index in [1.165, 1.54) is 12.1 Å². The first-order valence-electron chi connectivity index (χ1n) is 8.49. The molecule has 7 nitrogen and oxygen atoms in total. The number of aromatic nitrogens is 1. The number of piperidine rings is 1. The molecule has 2 aromatic rings. The van der Waals surface area contributed by atoms with Gasteiger partial charge in [-0.05, 0) is 36.6 Å². The van der Waals surface area contributed by atoms with E-state index >= 15 is 0 Å². The van der Waals surface area contributed by atoms with Gasteiger partial charge in [0.05, 0.1) is 13.1 Å². The fourth-order valence-electron chi connectivity index (χ4n) is 3.41. The highest BCUT2D eigenvalue weighted by atomic mass is 19.1. The Balaban J connectivity index is 1.78. The Morgan fingerprint density at radius 2 is 2.04 bits per heavy atom. The van der Waals surface area contributed by atoms with E-state index in [2.05, 4.69) is 5.16 Å². The molecule has 8 heteroatoms. The van der Waals surface area contributed by atoms with E-state index in [9.17, 15) is 14.0 Å². The molecule has 1 aliphatic heterocycles. The molecule has 0 radical (unpaired) electrons. The summed E-state index contributed by atoms with van der Waals surface area (Å²) in [7, 11) is 0. The molecule has 1 N–H and O–H groups in total. The predicted octanol–water partition coefficient (Wildman–Crippen LogP) is 2.64. The average molecular weight is 363 g/mol. The quantitative estimate of drug-likeness (QED) is 0.482. The van der Waals surface area contributed by atoms with Crippen molar-refractivity contribution in [2.24, 2.45) is 0 Å². The number of halogens is 1. The standard InChI is InChI=1S/C18H19FN2O5/c19-13-4-5-14-15(12-13)26-20-18(14)21(8-2-1-3-9-21)10-11-25-17(24)7-6-16(22)23/h4-7,12H,1-3,8-11H2/p+1/b7-6+. The van der Waals surface area contributed by atoms with Crippen LogP contribution in [0.1, 0.15) is 19.3 Å². The molecule has 1 aliphatic rings. The largest absolute Gasteiger partial charge is 0.478 e. The Labute approximate surface area is 149 Å². The van der Waals surface area contributed by atoms with Crippen LogP contribution >= 0.6 is 0 Å². The maximum atomic E-state index is 13.4. The molecule has 3 rings (SSSR count). The molecular weight excluding hydrogens is 343 g/mol. The molecule has 1 saturated heterocycles. The van der Waals surface area contributed by atoms with Crippen LogP contribution in [0.2, 0.25) is 0 Å². The highest BCUT2D eigenvalue weighted by Gasteiger charge is 2.37. The molecule has 0 saturated carbocycles. The van der Waals surface area contributed by atoms with Crippen LogP contribution in [-0.2, 0) is 14.3 Å². The van der Waals surface area contributed by atoms with E-state index in [0.29, 0.717) is 16.6 Å². The smallest absolute Gasteiger partial charge is 0.331 e. The molecular formula is C18H20FN2O5+. The number of carbonyl (C=O) groups excluding carboxylic acids is 1. The van der Waals surface area contributed by atoms with Gasteiger partial charge in [0.15, 0.2) is 5.58 Å². The van der Waals surface area contributed by atoms with Gasteiger partial charge in [-0.2, -0.15) is 0 Å². The van der Waals surface area contributed by atoms with Crippen LogP contribution in [0.5, 0.6) is 0 Å². The summed E-state index contributed by atoms with van der Waals surface area (Å²) in [6.07, 6.45) is 4.75. The lowest BCUT2D eigenvalue weighted by Gasteiger charge is -2.38. The lowest BCUT2D eigenvalue weighted by molar-refractivity contribution is -0.139. The number of ether oxygens (including phenoxy) is 1. The number of hydrogen-bond acceptors (Lipinski definition) is 5. The third-order valence-electron chi connectivity index (χ3n) is 4.66. The zero-order valence-electron chi connectivity index (χ0n) is 14.2. The Kier molecular flexibility index (Phi) is 5.32. The fourth-order valence-corrected chi connectivity index (χ4v) is 3.41. The second-order valence-corrected chi connectivity index (χ2v) is 6.36. The summed E-state index contributed by atoms with van der Waals surface area (Å²) < 4.78 is 24.3. The van der Waals surface area contributed by atoms with Crippen LogP contribution < -0.4 is 4.48 Å². The average Bonchev–Trinajstić information content (AvgIpc) is 3.04. The molecule has 1 aromatic heterocycles. The van der Waals surface area contributed by atoms with Crippen molar-refractivity contribution in [3.63, 3.8) is 0 Å². The molecule has 0 spiro atoms. The summed E-state index contributed by atoms with van der Waals surface area (Å²) in [5.41, 5.74) is 0.393. The third kappa shape index (κ3) is 3.91. The molecule has 138 valence electrons. The van der Waals surface area contributed by atoms with Crippen molar-refractivity contribution in [2.75, 3.05) is 26.2 Å². The fraction of sp³-hybridized carbons (Fsp3) is 0.389. The second-order valence-electron chi connectivity index (χ2n) is 6.36. The molecule has 1 fully saturated rings. The molecule has 0 atom stereocenters. The van der Waals surface area contributed by atoms with E-state index in [0.717, 1.165) is 55.7 Å². The second kappa shape index (κ2) is 7.65. The van der Waals surface area contributed by atoms with Crippen LogP contribution in [0, 0.1) is 5.82 Å². The molecule has 0 aliphatic carbocycles. The van der Waals surface area contributed by atoms with Crippen molar-refractivity contribution < 1.29 is 28.3 Å². The lowest BCUT2D eigenvalue weighted by atomic mass is 10.1. The van der Waals surface area contributed by atoms with Crippen LogP contribution in [0.3, 0.4) is 0 Å². The van der Waals surface area contributed by atoms with Gasteiger partial charge < -0.3 is 14.4 Å². The normalized spacial score (nSPS) is 16.8. The SMILES string of the molecule is O=C(O)/C=C/C(=O)OCC[N+]1(c2noc3cc(F)ccc23)CCCCC1. The molecule has 0 unspecified atom stereocenters.